The van der Waals surface area contributed by atoms with Crippen molar-refractivity contribution in [2.45, 2.75) is 46.1 Å². The average Bonchev–Trinajstić information content (AvgIpc) is 2.49. The standard InChI is InChI=1S/C18H31N3O/c1-5-19-17(20-13-9-10-15(2)3)21-14-18(4,22)16-11-7-6-8-12-16/h6-8,11-12,15,22H,5,9-10,13-14H2,1-4H3,(H2,19,20,21). The van der Waals surface area contributed by atoms with Crippen LogP contribution in [0, 0.1) is 5.92 Å². The van der Waals surface area contributed by atoms with Crippen molar-refractivity contribution in [1.82, 2.24) is 10.6 Å². The molecule has 0 heterocycles. The first kappa shape index (κ1) is 18.5. The predicted octanol–water partition coefficient (Wildman–Crippen LogP) is 2.89. The number of nitrogens with zero attached hydrogens (tertiary/aromatic N) is 1. The SMILES string of the molecule is CCNC(=NCC(C)(O)c1ccccc1)NCCCC(C)C. The highest BCUT2D eigenvalue weighted by atomic mass is 16.3. The van der Waals surface area contributed by atoms with E-state index in [4.69, 9.17) is 0 Å². The van der Waals surface area contributed by atoms with Gasteiger partial charge in [-0.05, 0) is 38.2 Å². The molecule has 1 rings (SSSR count). The first-order valence-corrected chi connectivity index (χ1v) is 8.25. The minimum atomic E-state index is -0.957. The Hall–Kier alpha value is -1.55. The molecule has 4 heteroatoms. The van der Waals surface area contributed by atoms with E-state index in [2.05, 4.69) is 29.5 Å². The molecule has 3 N–H and O–H groups in total. The molecule has 1 atom stereocenters. The highest BCUT2D eigenvalue weighted by molar-refractivity contribution is 5.79. The number of hydrogen-bond donors (Lipinski definition) is 3. The number of guanidine groups is 1. The lowest BCUT2D eigenvalue weighted by Gasteiger charge is -2.22. The van der Waals surface area contributed by atoms with Crippen LogP contribution in [0.4, 0.5) is 0 Å². The molecule has 4 nitrogen and oxygen atoms in total. The van der Waals surface area contributed by atoms with Crippen LogP contribution in [0.1, 0.15) is 46.1 Å². The number of nitrogens with one attached hydrogen (secondary N) is 2. The van der Waals surface area contributed by atoms with Gasteiger partial charge in [-0.15, -0.1) is 0 Å². The predicted molar refractivity (Wildman–Crippen MR) is 94.1 cm³/mol. The molecule has 0 bridgehead atoms. The van der Waals surface area contributed by atoms with E-state index in [9.17, 15) is 5.11 Å². The number of aliphatic imine (C=N–C) groups is 1. The Morgan fingerprint density at radius 1 is 1.23 bits per heavy atom. The highest BCUT2D eigenvalue weighted by Crippen LogP contribution is 2.20. The normalized spacial score (nSPS) is 14.7. The van der Waals surface area contributed by atoms with Gasteiger partial charge >= 0.3 is 0 Å². The molecule has 0 aliphatic rings. The van der Waals surface area contributed by atoms with Crippen molar-refractivity contribution in [2.75, 3.05) is 19.6 Å². The Kier molecular flexibility index (Phi) is 7.96. The van der Waals surface area contributed by atoms with Gasteiger partial charge in [-0.1, -0.05) is 44.2 Å². The second-order valence-electron chi connectivity index (χ2n) is 6.30. The van der Waals surface area contributed by atoms with E-state index >= 15 is 0 Å². The van der Waals surface area contributed by atoms with Gasteiger partial charge in [0.15, 0.2) is 5.96 Å². The van der Waals surface area contributed by atoms with Gasteiger partial charge < -0.3 is 15.7 Å². The van der Waals surface area contributed by atoms with E-state index in [1.165, 1.54) is 6.42 Å². The lowest BCUT2D eigenvalue weighted by molar-refractivity contribution is 0.0672. The average molecular weight is 305 g/mol. The van der Waals surface area contributed by atoms with Crippen LogP contribution in [-0.2, 0) is 5.60 Å². The van der Waals surface area contributed by atoms with Crippen LogP contribution < -0.4 is 10.6 Å². The first-order valence-electron chi connectivity index (χ1n) is 8.25. The summed E-state index contributed by atoms with van der Waals surface area (Å²) >= 11 is 0. The topological polar surface area (TPSA) is 56.7 Å². The fourth-order valence-corrected chi connectivity index (χ4v) is 2.18. The van der Waals surface area contributed by atoms with Crippen LogP contribution in [0.25, 0.3) is 0 Å². The van der Waals surface area contributed by atoms with E-state index < -0.39 is 5.60 Å². The molecule has 124 valence electrons. The molecule has 1 unspecified atom stereocenters. The third-order valence-corrected chi connectivity index (χ3v) is 3.54. The minimum absolute atomic E-state index is 0.330. The van der Waals surface area contributed by atoms with Crippen LogP contribution in [0.5, 0.6) is 0 Å². The smallest absolute Gasteiger partial charge is 0.191 e. The fraction of sp³-hybridized carbons (Fsp3) is 0.611. The molecule has 22 heavy (non-hydrogen) atoms. The van der Waals surface area contributed by atoms with Gasteiger partial charge in [0.25, 0.3) is 0 Å². The van der Waals surface area contributed by atoms with Gasteiger partial charge in [0.2, 0.25) is 0 Å². The van der Waals surface area contributed by atoms with E-state index in [0.717, 1.165) is 37.0 Å². The first-order chi connectivity index (χ1) is 10.5. The number of benzene rings is 1. The molecule has 0 amide bonds. The van der Waals surface area contributed by atoms with Crippen molar-refractivity contribution >= 4 is 5.96 Å². The molecule has 0 spiro atoms. The van der Waals surface area contributed by atoms with Gasteiger partial charge in [0.05, 0.1) is 6.54 Å². The zero-order valence-electron chi connectivity index (χ0n) is 14.4. The number of hydrogen-bond acceptors (Lipinski definition) is 2. The van der Waals surface area contributed by atoms with E-state index in [0.29, 0.717) is 6.54 Å². The van der Waals surface area contributed by atoms with Crippen molar-refractivity contribution in [3.63, 3.8) is 0 Å². The van der Waals surface area contributed by atoms with E-state index in [-0.39, 0.29) is 0 Å². The molecule has 0 saturated heterocycles. The Morgan fingerprint density at radius 2 is 1.91 bits per heavy atom. The summed E-state index contributed by atoms with van der Waals surface area (Å²) in [6.07, 6.45) is 2.32. The van der Waals surface area contributed by atoms with Crippen molar-refractivity contribution < 1.29 is 5.11 Å². The van der Waals surface area contributed by atoms with Crippen molar-refractivity contribution in [3.8, 4) is 0 Å². The Labute approximate surface area is 135 Å². The molecule has 0 fully saturated rings. The van der Waals surface area contributed by atoms with Crippen LogP contribution in [0.3, 0.4) is 0 Å². The summed E-state index contributed by atoms with van der Waals surface area (Å²) in [5.41, 5.74) is -0.0731. The lowest BCUT2D eigenvalue weighted by atomic mass is 9.96. The number of aliphatic hydroxyl groups is 1. The zero-order valence-corrected chi connectivity index (χ0v) is 14.4. The highest BCUT2D eigenvalue weighted by Gasteiger charge is 2.22. The molecular formula is C18H31N3O. The zero-order chi connectivity index (χ0) is 16.4. The van der Waals surface area contributed by atoms with E-state index in [1.807, 2.05) is 37.3 Å². The van der Waals surface area contributed by atoms with Gasteiger partial charge in [0.1, 0.15) is 5.60 Å². The third-order valence-electron chi connectivity index (χ3n) is 3.54. The molecule has 0 saturated carbocycles. The summed E-state index contributed by atoms with van der Waals surface area (Å²) in [7, 11) is 0. The summed E-state index contributed by atoms with van der Waals surface area (Å²) < 4.78 is 0. The van der Waals surface area contributed by atoms with Gasteiger partial charge in [-0.25, -0.2) is 4.99 Å². The van der Waals surface area contributed by atoms with Crippen molar-refractivity contribution in [3.05, 3.63) is 35.9 Å². The van der Waals surface area contributed by atoms with Crippen molar-refractivity contribution in [1.29, 1.82) is 0 Å². The monoisotopic (exact) mass is 305 g/mol. The van der Waals surface area contributed by atoms with Crippen LogP contribution in [0.2, 0.25) is 0 Å². The summed E-state index contributed by atoms with van der Waals surface area (Å²) in [5, 5.41) is 17.1. The molecule has 0 aliphatic carbocycles. The Balaban J connectivity index is 2.57. The Bertz CT molecular complexity index is 441. The summed E-state index contributed by atoms with van der Waals surface area (Å²) in [4.78, 5) is 4.52. The maximum absolute atomic E-state index is 10.6. The van der Waals surface area contributed by atoms with Crippen LogP contribution in [-0.4, -0.2) is 30.7 Å². The summed E-state index contributed by atoms with van der Waals surface area (Å²) in [6.45, 7) is 10.3. The molecule has 1 aromatic rings. The summed E-state index contributed by atoms with van der Waals surface area (Å²) in [5.74, 6) is 1.49. The molecular weight excluding hydrogens is 274 g/mol. The number of rotatable bonds is 8. The van der Waals surface area contributed by atoms with Crippen LogP contribution in [0.15, 0.2) is 35.3 Å². The second-order valence-corrected chi connectivity index (χ2v) is 6.30. The van der Waals surface area contributed by atoms with E-state index in [1.54, 1.807) is 6.92 Å². The van der Waals surface area contributed by atoms with Gasteiger partial charge in [-0.2, -0.15) is 0 Å². The lowest BCUT2D eigenvalue weighted by Crippen LogP contribution is -2.39. The second kappa shape index (κ2) is 9.46. The fourth-order valence-electron chi connectivity index (χ4n) is 2.18. The van der Waals surface area contributed by atoms with Gasteiger partial charge in [0, 0.05) is 13.1 Å². The molecule has 1 aromatic carbocycles. The van der Waals surface area contributed by atoms with Gasteiger partial charge in [-0.3, -0.25) is 0 Å². The molecule has 0 radical (unpaired) electrons. The summed E-state index contributed by atoms with van der Waals surface area (Å²) in [6, 6.07) is 9.67. The van der Waals surface area contributed by atoms with Crippen molar-refractivity contribution in [2.24, 2.45) is 10.9 Å². The quantitative estimate of drug-likeness (QED) is 0.393. The largest absolute Gasteiger partial charge is 0.384 e. The molecule has 0 aliphatic heterocycles. The maximum atomic E-state index is 10.6. The Morgan fingerprint density at radius 3 is 2.50 bits per heavy atom. The molecule has 0 aromatic heterocycles. The maximum Gasteiger partial charge on any atom is 0.191 e. The third kappa shape index (κ3) is 6.94. The minimum Gasteiger partial charge on any atom is -0.384 e. The van der Waals surface area contributed by atoms with Crippen LogP contribution >= 0.6 is 0 Å².